The van der Waals surface area contributed by atoms with Crippen LogP contribution in [0.1, 0.15) is 16.0 Å². The normalized spacial score (nSPS) is 17.9. The summed E-state index contributed by atoms with van der Waals surface area (Å²) in [6.45, 7) is 8.53. The highest BCUT2D eigenvalue weighted by Crippen LogP contribution is 2.39. The van der Waals surface area contributed by atoms with Crippen molar-refractivity contribution in [1.82, 2.24) is 9.80 Å². The molecule has 2 aliphatic heterocycles. The molecule has 23 heavy (non-hydrogen) atoms. The number of anilines is 2. The van der Waals surface area contributed by atoms with Crippen LogP contribution in [0.3, 0.4) is 0 Å². The number of amidine groups is 1. The number of piperazine rings is 1. The van der Waals surface area contributed by atoms with Crippen LogP contribution in [0, 0.1) is 13.8 Å². The van der Waals surface area contributed by atoms with Gasteiger partial charge >= 0.3 is 0 Å². The van der Waals surface area contributed by atoms with Crippen LogP contribution in [-0.4, -0.2) is 48.9 Å². The highest BCUT2D eigenvalue weighted by Gasteiger charge is 2.25. The molecule has 0 atom stereocenters. The van der Waals surface area contributed by atoms with E-state index in [4.69, 9.17) is 4.99 Å². The molecule has 1 fully saturated rings. The van der Waals surface area contributed by atoms with E-state index in [1.807, 2.05) is 11.3 Å². The summed E-state index contributed by atoms with van der Waals surface area (Å²) in [5.41, 5.74) is 4.64. The largest absolute Gasteiger partial charge is 0.353 e. The summed E-state index contributed by atoms with van der Waals surface area (Å²) in [6, 6.07) is 8.71. The Balaban J connectivity index is 1.82. The lowest BCUT2D eigenvalue weighted by Gasteiger charge is -2.34. The standard InChI is InChI=1S/C18H22N4S/c1-12-4-5-15-16(10-12)20-18-14(11-13(2)23-18)17(19-15)22-8-6-21(3)7-9-22/h4-5,10-11,20H,6-9H2,1-3H3. The summed E-state index contributed by atoms with van der Waals surface area (Å²) >= 11 is 1.81. The second-order valence-electron chi connectivity index (χ2n) is 6.47. The first kappa shape index (κ1) is 14.7. The van der Waals surface area contributed by atoms with Crippen molar-refractivity contribution in [3.63, 3.8) is 0 Å². The zero-order valence-electron chi connectivity index (χ0n) is 13.9. The summed E-state index contributed by atoms with van der Waals surface area (Å²) in [5, 5.41) is 4.82. The predicted octanol–water partition coefficient (Wildman–Crippen LogP) is 3.75. The predicted molar refractivity (Wildman–Crippen MR) is 98.8 cm³/mol. The molecule has 1 aromatic carbocycles. The number of nitrogens with one attached hydrogen (secondary N) is 1. The molecule has 3 heterocycles. The maximum atomic E-state index is 5.05. The molecule has 1 aromatic heterocycles. The van der Waals surface area contributed by atoms with E-state index in [1.54, 1.807) is 0 Å². The highest BCUT2D eigenvalue weighted by molar-refractivity contribution is 7.16. The van der Waals surface area contributed by atoms with E-state index in [1.165, 1.54) is 21.0 Å². The minimum Gasteiger partial charge on any atom is -0.353 e. The van der Waals surface area contributed by atoms with E-state index < -0.39 is 0 Å². The number of thiophene rings is 1. The Hall–Kier alpha value is -1.85. The Morgan fingerprint density at radius 3 is 2.65 bits per heavy atom. The molecule has 1 saturated heterocycles. The Morgan fingerprint density at radius 2 is 1.87 bits per heavy atom. The first-order valence-electron chi connectivity index (χ1n) is 8.11. The Labute approximate surface area is 141 Å². The van der Waals surface area contributed by atoms with E-state index in [2.05, 4.69) is 60.3 Å². The molecule has 4 nitrogen and oxygen atoms in total. The van der Waals surface area contributed by atoms with Crippen molar-refractivity contribution in [2.24, 2.45) is 4.99 Å². The van der Waals surface area contributed by atoms with E-state index in [0.717, 1.165) is 43.4 Å². The number of rotatable bonds is 0. The zero-order valence-corrected chi connectivity index (χ0v) is 14.7. The average molecular weight is 326 g/mol. The average Bonchev–Trinajstić information content (AvgIpc) is 2.81. The number of aryl methyl sites for hydroxylation is 2. The third-order valence-electron chi connectivity index (χ3n) is 4.53. The third kappa shape index (κ3) is 2.75. The Bertz CT molecular complexity index is 769. The second kappa shape index (κ2) is 5.65. The summed E-state index contributed by atoms with van der Waals surface area (Å²) in [4.78, 5) is 11.2. The molecule has 2 aliphatic rings. The monoisotopic (exact) mass is 326 g/mol. The van der Waals surface area contributed by atoms with Crippen LogP contribution < -0.4 is 5.32 Å². The lowest BCUT2D eigenvalue weighted by atomic mass is 10.2. The van der Waals surface area contributed by atoms with Gasteiger partial charge in [0.05, 0.1) is 16.9 Å². The van der Waals surface area contributed by atoms with Gasteiger partial charge in [0.2, 0.25) is 0 Å². The number of aliphatic imine (C=N–C) groups is 1. The molecular weight excluding hydrogens is 304 g/mol. The third-order valence-corrected chi connectivity index (χ3v) is 5.49. The fourth-order valence-corrected chi connectivity index (χ4v) is 4.10. The SMILES string of the molecule is Cc1ccc2c(c1)Nc1sc(C)cc1C(N1CCN(C)CC1)=N2. The second-order valence-corrected chi connectivity index (χ2v) is 7.73. The van der Waals surface area contributed by atoms with Gasteiger partial charge < -0.3 is 15.1 Å². The van der Waals surface area contributed by atoms with E-state index in [-0.39, 0.29) is 0 Å². The summed E-state index contributed by atoms with van der Waals surface area (Å²) in [7, 11) is 2.19. The molecule has 0 radical (unpaired) electrons. The molecule has 0 amide bonds. The molecule has 0 spiro atoms. The molecular formula is C18H22N4S. The molecule has 5 heteroatoms. The molecule has 0 aliphatic carbocycles. The van der Waals surface area contributed by atoms with Crippen LogP contribution in [0.4, 0.5) is 16.4 Å². The smallest absolute Gasteiger partial charge is 0.139 e. The molecule has 120 valence electrons. The van der Waals surface area contributed by atoms with Gasteiger partial charge in [-0.2, -0.15) is 0 Å². The van der Waals surface area contributed by atoms with Crippen LogP contribution in [0.2, 0.25) is 0 Å². The molecule has 1 N–H and O–H groups in total. The molecule has 2 aromatic rings. The number of hydrogen-bond donors (Lipinski definition) is 1. The Morgan fingerprint density at radius 1 is 1.09 bits per heavy atom. The van der Waals surface area contributed by atoms with Crippen LogP contribution >= 0.6 is 11.3 Å². The minimum atomic E-state index is 1.03. The topological polar surface area (TPSA) is 30.9 Å². The van der Waals surface area contributed by atoms with E-state index in [9.17, 15) is 0 Å². The number of likely N-dealkylation sites (N-methyl/N-ethyl adjacent to an activating group) is 1. The first-order chi connectivity index (χ1) is 11.1. The lowest BCUT2D eigenvalue weighted by Crippen LogP contribution is -2.47. The van der Waals surface area contributed by atoms with Crippen molar-refractivity contribution in [2.75, 3.05) is 38.5 Å². The van der Waals surface area contributed by atoms with Gasteiger partial charge in [0, 0.05) is 31.1 Å². The molecule has 4 rings (SSSR count). The number of hydrogen-bond acceptors (Lipinski definition) is 5. The first-order valence-corrected chi connectivity index (χ1v) is 8.92. The van der Waals surface area contributed by atoms with Crippen LogP contribution in [0.5, 0.6) is 0 Å². The van der Waals surface area contributed by atoms with Crippen molar-refractivity contribution in [1.29, 1.82) is 0 Å². The zero-order chi connectivity index (χ0) is 16.0. The van der Waals surface area contributed by atoms with Crippen molar-refractivity contribution in [3.8, 4) is 0 Å². The van der Waals surface area contributed by atoms with Crippen molar-refractivity contribution in [2.45, 2.75) is 13.8 Å². The fraction of sp³-hybridized carbons (Fsp3) is 0.389. The van der Waals surface area contributed by atoms with Gasteiger partial charge in [-0.3, -0.25) is 0 Å². The molecule has 0 bridgehead atoms. The van der Waals surface area contributed by atoms with Crippen LogP contribution in [-0.2, 0) is 0 Å². The maximum Gasteiger partial charge on any atom is 0.139 e. The van der Waals surface area contributed by atoms with Gasteiger partial charge in [0.15, 0.2) is 0 Å². The van der Waals surface area contributed by atoms with Crippen molar-refractivity contribution >= 4 is 33.5 Å². The van der Waals surface area contributed by atoms with Gasteiger partial charge in [-0.1, -0.05) is 6.07 Å². The molecule has 0 unspecified atom stereocenters. The maximum absolute atomic E-state index is 5.05. The number of benzene rings is 1. The van der Waals surface area contributed by atoms with Gasteiger partial charge in [0.25, 0.3) is 0 Å². The van der Waals surface area contributed by atoms with E-state index >= 15 is 0 Å². The number of nitrogens with zero attached hydrogens (tertiary/aromatic N) is 3. The van der Waals surface area contributed by atoms with Gasteiger partial charge in [-0.15, -0.1) is 11.3 Å². The summed E-state index contributed by atoms with van der Waals surface area (Å²) in [6.07, 6.45) is 0. The molecule has 0 saturated carbocycles. The highest BCUT2D eigenvalue weighted by atomic mass is 32.1. The quantitative estimate of drug-likeness (QED) is 0.800. The number of fused-ring (bicyclic) bond motifs is 2. The van der Waals surface area contributed by atoms with E-state index in [0.29, 0.717) is 0 Å². The van der Waals surface area contributed by atoms with Gasteiger partial charge in [-0.25, -0.2) is 4.99 Å². The summed E-state index contributed by atoms with van der Waals surface area (Å²) < 4.78 is 0. The van der Waals surface area contributed by atoms with Gasteiger partial charge in [0.1, 0.15) is 10.8 Å². The van der Waals surface area contributed by atoms with Crippen LogP contribution in [0.25, 0.3) is 0 Å². The van der Waals surface area contributed by atoms with Gasteiger partial charge in [-0.05, 0) is 44.7 Å². The lowest BCUT2D eigenvalue weighted by molar-refractivity contribution is 0.216. The van der Waals surface area contributed by atoms with Crippen LogP contribution in [0.15, 0.2) is 29.3 Å². The Kier molecular flexibility index (Phi) is 3.62. The summed E-state index contributed by atoms with van der Waals surface area (Å²) in [5.74, 6) is 1.12. The van der Waals surface area contributed by atoms with Crippen molar-refractivity contribution in [3.05, 3.63) is 40.3 Å². The fourth-order valence-electron chi connectivity index (χ4n) is 3.18. The minimum absolute atomic E-state index is 1.03. The van der Waals surface area contributed by atoms with Crippen molar-refractivity contribution < 1.29 is 0 Å².